The third kappa shape index (κ3) is 3.73. The number of ether oxygens (including phenoxy) is 1. The van der Waals surface area contributed by atoms with Gasteiger partial charge in [-0.05, 0) is 43.0 Å². The molecule has 1 aromatic carbocycles. The van der Waals surface area contributed by atoms with E-state index in [2.05, 4.69) is 0 Å². The molecule has 6 nitrogen and oxygen atoms in total. The molecule has 2 rings (SSSR count). The first kappa shape index (κ1) is 17.9. The van der Waals surface area contributed by atoms with E-state index in [1.165, 1.54) is 28.6 Å². The molecule has 128 valence electrons. The molecule has 2 N–H and O–H groups in total. The molecule has 1 unspecified atom stereocenters. The molecular formula is C16H24N2O4S. The molecule has 7 heteroatoms. The van der Waals surface area contributed by atoms with Gasteiger partial charge in [0, 0.05) is 19.1 Å². The third-order valence-corrected chi connectivity index (χ3v) is 6.14. The van der Waals surface area contributed by atoms with Crippen LogP contribution in [0.15, 0.2) is 29.2 Å². The summed E-state index contributed by atoms with van der Waals surface area (Å²) in [4.78, 5) is 11.8. The van der Waals surface area contributed by atoms with Crippen molar-refractivity contribution < 1.29 is 17.9 Å². The normalized spacial score (nSPS) is 21.8. The SMILES string of the molecule is CCOC(=O)c1ccc(S(=O)(=O)N2CCC(N)C(C)(C)C2)cc1. The number of benzene rings is 1. The van der Waals surface area contributed by atoms with Gasteiger partial charge in [-0.2, -0.15) is 4.31 Å². The summed E-state index contributed by atoms with van der Waals surface area (Å²) < 4.78 is 31.9. The average molecular weight is 340 g/mol. The van der Waals surface area contributed by atoms with Crippen LogP contribution in [-0.4, -0.2) is 44.4 Å². The molecule has 0 saturated carbocycles. The van der Waals surface area contributed by atoms with Crippen LogP contribution in [0.2, 0.25) is 0 Å². The van der Waals surface area contributed by atoms with E-state index in [4.69, 9.17) is 10.5 Å². The van der Waals surface area contributed by atoms with Crippen LogP contribution in [0, 0.1) is 5.41 Å². The summed E-state index contributed by atoms with van der Waals surface area (Å²) in [6.45, 7) is 6.75. The van der Waals surface area contributed by atoms with Crippen LogP contribution in [0.3, 0.4) is 0 Å². The van der Waals surface area contributed by atoms with Crippen molar-refractivity contribution in [3.05, 3.63) is 29.8 Å². The van der Waals surface area contributed by atoms with E-state index in [1.54, 1.807) is 6.92 Å². The largest absolute Gasteiger partial charge is 0.462 e. The molecule has 1 aliphatic heterocycles. The first-order valence-electron chi connectivity index (χ1n) is 7.71. The predicted molar refractivity (Wildman–Crippen MR) is 87.5 cm³/mol. The van der Waals surface area contributed by atoms with Crippen molar-refractivity contribution >= 4 is 16.0 Å². The average Bonchev–Trinajstić information content (AvgIpc) is 2.50. The Balaban J connectivity index is 2.21. The van der Waals surface area contributed by atoms with E-state index in [9.17, 15) is 13.2 Å². The second kappa shape index (κ2) is 6.59. The zero-order chi connectivity index (χ0) is 17.3. The Morgan fingerprint density at radius 2 is 1.96 bits per heavy atom. The van der Waals surface area contributed by atoms with Gasteiger partial charge in [-0.15, -0.1) is 0 Å². The topological polar surface area (TPSA) is 89.7 Å². The van der Waals surface area contributed by atoms with Crippen LogP contribution >= 0.6 is 0 Å². The van der Waals surface area contributed by atoms with Crippen molar-refractivity contribution in [2.24, 2.45) is 11.1 Å². The Labute approximate surface area is 137 Å². The molecule has 1 fully saturated rings. The van der Waals surface area contributed by atoms with Gasteiger partial charge < -0.3 is 10.5 Å². The number of hydrogen-bond acceptors (Lipinski definition) is 5. The summed E-state index contributed by atoms with van der Waals surface area (Å²) in [5, 5.41) is 0. The second-order valence-corrected chi connectivity index (χ2v) is 8.41. The molecule has 23 heavy (non-hydrogen) atoms. The van der Waals surface area contributed by atoms with Crippen molar-refractivity contribution in [3.63, 3.8) is 0 Å². The molecule has 0 aliphatic carbocycles. The smallest absolute Gasteiger partial charge is 0.338 e. The summed E-state index contributed by atoms with van der Waals surface area (Å²) in [7, 11) is -3.59. The summed E-state index contributed by atoms with van der Waals surface area (Å²) in [6.07, 6.45) is 0.632. The Bertz CT molecular complexity index is 668. The highest BCUT2D eigenvalue weighted by molar-refractivity contribution is 7.89. The molecule has 1 saturated heterocycles. The molecule has 0 amide bonds. The minimum atomic E-state index is -3.59. The molecule has 1 aromatic rings. The molecule has 1 heterocycles. The van der Waals surface area contributed by atoms with Gasteiger partial charge in [-0.25, -0.2) is 13.2 Å². The van der Waals surface area contributed by atoms with Gasteiger partial charge in [-0.1, -0.05) is 13.8 Å². The summed E-state index contributed by atoms with van der Waals surface area (Å²) in [6, 6.07) is 5.84. The monoisotopic (exact) mass is 340 g/mol. The molecule has 0 aromatic heterocycles. The molecule has 0 bridgehead atoms. The van der Waals surface area contributed by atoms with Crippen molar-refractivity contribution in [1.29, 1.82) is 0 Å². The zero-order valence-electron chi connectivity index (χ0n) is 13.8. The molecule has 1 aliphatic rings. The van der Waals surface area contributed by atoms with Crippen LogP contribution in [0.4, 0.5) is 0 Å². The standard InChI is InChI=1S/C16H24N2O4S/c1-4-22-15(19)12-5-7-13(8-6-12)23(20,21)18-10-9-14(17)16(2,3)11-18/h5-8,14H,4,9-11,17H2,1-3H3. The molecule has 0 spiro atoms. The highest BCUT2D eigenvalue weighted by Crippen LogP contribution is 2.31. The number of carbonyl (C=O) groups excluding carboxylic acids is 1. The Hall–Kier alpha value is -1.44. The number of hydrogen-bond donors (Lipinski definition) is 1. The maximum atomic E-state index is 12.8. The lowest BCUT2D eigenvalue weighted by atomic mass is 9.81. The first-order valence-corrected chi connectivity index (χ1v) is 9.15. The fourth-order valence-corrected chi connectivity index (χ4v) is 4.28. The number of nitrogens with two attached hydrogens (primary N) is 1. The molecular weight excluding hydrogens is 316 g/mol. The number of esters is 1. The Kier molecular flexibility index (Phi) is 5.13. The Morgan fingerprint density at radius 1 is 1.35 bits per heavy atom. The first-order chi connectivity index (χ1) is 10.7. The fourth-order valence-electron chi connectivity index (χ4n) is 2.66. The van der Waals surface area contributed by atoms with E-state index in [0.29, 0.717) is 25.1 Å². The number of rotatable bonds is 4. The van der Waals surface area contributed by atoms with Crippen molar-refractivity contribution in [2.45, 2.75) is 38.1 Å². The fraction of sp³-hybridized carbons (Fsp3) is 0.562. The van der Waals surface area contributed by atoms with Crippen LogP contribution in [-0.2, 0) is 14.8 Å². The number of sulfonamides is 1. The van der Waals surface area contributed by atoms with Gasteiger partial charge in [0.15, 0.2) is 0 Å². The number of piperidine rings is 1. The maximum Gasteiger partial charge on any atom is 0.338 e. The third-order valence-electron chi connectivity index (χ3n) is 4.28. The van der Waals surface area contributed by atoms with E-state index in [-0.39, 0.29) is 23.0 Å². The summed E-state index contributed by atoms with van der Waals surface area (Å²) in [5.74, 6) is -0.457. The summed E-state index contributed by atoms with van der Waals surface area (Å²) in [5.41, 5.74) is 6.14. The van der Waals surface area contributed by atoms with Crippen LogP contribution < -0.4 is 5.73 Å². The molecule has 1 atom stereocenters. The van der Waals surface area contributed by atoms with Crippen LogP contribution in [0.25, 0.3) is 0 Å². The second-order valence-electron chi connectivity index (χ2n) is 6.47. The van der Waals surface area contributed by atoms with Crippen molar-refractivity contribution in [1.82, 2.24) is 4.31 Å². The lowest BCUT2D eigenvalue weighted by Gasteiger charge is -2.41. The van der Waals surface area contributed by atoms with E-state index in [1.807, 2.05) is 13.8 Å². The quantitative estimate of drug-likeness (QED) is 0.841. The Morgan fingerprint density at radius 3 is 2.48 bits per heavy atom. The van der Waals surface area contributed by atoms with Gasteiger partial charge in [0.05, 0.1) is 17.1 Å². The van der Waals surface area contributed by atoms with E-state index >= 15 is 0 Å². The lowest BCUT2D eigenvalue weighted by Crippen LogP contribution is -2.53. The minimum Gasteiger partial charge on any atom is -0.462 e. The number of nitrogens with zero attached hydrogens (tertiary/aromatic N) is 1. The zero-order valence-corrected chi connectivity index (χ0v) is 14.6. The minimum absolute atomic E-state index is 0.0138. The van der Waals surface area contributed by atoms with Crippen LogP contribution in [0.1, 0.15) is 37.6 Å². The van der Waals surface area contributed by atoms with Crippen molar-refractivity contribution in [3.8, 4) is 0 Å². The predicted octanol–water partition coefficient (Wildman–Crippen LogP) is 1.61. The highest BCUT2D eigenvalue weighted by atomic mass is 32.2. The summed E-state index contributed by atoms with van der Waals surface area (Å²) >= 11 is 0. The number of carbonyl (C=O) groups is 1. The molecule has 0 radical (unpaired) electrons. The lowest BCUT2D eigenvalue weighted by molar-refractivity contribution is 0.0526. The van der Waals surface area contributed by atoms with Gasteiger partial charge in [0.2, 0.25) is 10.0 Å². The van der Waals surface area contributed by atoms with E-state index in [0.717, 1.165) is 0 Å². The maximum absolute atomic E-state index is 12.8. The van der Waals surface area contributed by atoms with Gasteiger partial charge in [0.25, 0.3) is 0 Å². The van der Waals surface area contributed by atoms with Gasteiger partial charge >= 0.3 is 5.97 Å². The highest BCUT2D eigenvalue weighted by Gasteiger charge is 2.38. The van der Waals surface area contributed by atoms with Crippen molar-refractivity contribution in [2.75, 3.05) is 19.7 Å². The van der Waals surface area contributed by atoms with Gasteiger partial charge in [-0.3, -0.25) is 0 Å². The van der Waals surface area contributed by atoms with Gasteiger partial charge in [0.1, 0.15) is 0 Å². The van der Waals surface area contributed by atoms with E-state index < -0.39 is 16.0 Å². The van der Waals surface area contributed by atoms with Crippen LogP contribution in [0.5, 0.6) is 0 Å².